The summed E-state index contributed by atoms with van der Waals surface area (Å²) >= 11 is 2.35. The molecule has 0 saturated heterocycles. The number of esters is 3. The maximum Gasteiger partial charge on any atom is 0.348 e. The number of anilines is 1. The summed E-state index contributed by atoms with van der Waals surface area (Å²) in [6.07, 6.45) is 3.06. The van der Waals surface area contributed by atoms with Gasteiger partial charge in [0.15, 0.2) is 0 Å². The van der Waals surface area contributed by atoms with Gasteiger partial charge in [-0.2, -0.15) is 0 Å². The average Bonchev–Trinajstić information content (AvgIpc) is 3.33. The van der Waals surface area contributed by atoms with Gasteiger partial charge in [0.25, 0.3) is 0 Å². The predicted octanol–water partition coefficient (Wildman–Crippen LogP) is 3.59. The standard InChI is InChI=1S/C19H21NO6S2/c1-3-24-18(22)14-11(15(28-16(14)20)19(23)25-4-2)9-26-17(21)13-8-10-6-5-7-12(10)27-13/h8H,3-7,9,20H2,1-2H3. The second-order valence-corrected chi connectivity index (χ2v) is 8.27. The van der Waals surface area contributed by atoms with E-state index in [1.165, 1.54) is 21.8 Å². The zero-order chi connectivity index (χ0) is 20.3. The lowest BCUT2D eigenvalue weighted by atomic mass is 10.1. The fourth-order valence-electron chi connectivity index (χ4n) is 3.05. The summed E-state index contributed by atoms with van der Waals surface area (Å²) in [5.41, 5.74) is 7.41. The third-order valence-electron chi connectivity index (χ3n) is 4.27. The maximum atomic E-state index is 12.5. The number of carbonyl (C=O) groups is 3. The first-order chi connectivity index (χ1) is 13.5. The first-order valence-corrected chi connectivity index (χ1v) is 10.6. The second-order valence-electron chi connectivity index (χ2n) is 6.08. The Hall–Kier alpha value is -2.39. The van der Waals surface area contributed by atoms with Crippen molar-refractivity contribution in [3.8, 4) is 0 Å². The molecule has 150 valence electrons. The van der Waals surface area contributed by atoms with Crippen molar-refractivity contribution in [1.29, 1.82) is 0 Å². The molecule has 0 fully saturated rings. The minimum Gasteiger partial charge on any atom is -0.462 e. The van der Waals surface area contributed by atoms with E-state index in [4.69, 9.17) is 19.9 Å². The van der Waals surface area contributed by atoms with Gasteiger partial charge >= 0.3 is 17.9 Å². The fourth-order valence-corrected chi connectivity index (χ4v) is 5.15. The van der Waals surface area contributed by atoms with Gasteiger partial charge in [-0.15, -0.1) is 22.7 Å². The van der Waals surface area contributed by atoms with Crippen LogP contribution >= 0.6 is 22.7 Å². The number of rotatable bonds is 7. The van der Waals surface area contributed by atoms with Crippen LogP contribution in [-0.2, 0) is 33.7 Å². The lowest BCUT2D eigenvalue weighted by molar-refractivity contribution is 0.0441. The van der Waals surface area contributed by atoms with Gasteiger partial charge in [-0.05, 0) is 44.7 Å². The van der Waals surface area contributed by atoms with Gasteiger partial charge in [0.2, 0.25) is 0 Å². The first-order valence-electron chi connectivity index (χ1n) is 9.00. The van der Waals surface area contributed by atoms with E-state index >= 15 is 0 Å². The molecule has 0 saturated carbocycles. The quantitative estimate of drug-likeness (QED) is 0.536. The molecule has 0 aliphatic heterocycles. The molecule has 0 bridgehead atoms. The van der Waals surface area contributed by atoms with Crippen LogP contribution in [0.15, 0.2) is 6.07 Å². The number of carbonyl (C=O) groups excluding carboxylic acids is 3. The van der Waals surface area contributed by atoms with Gasteiger partial charge in [0.05, 0.1) is 13.2 Å². The van der Waals surface area contributed by atoms with Crippen molar-refractivity contribution in [1.82, 2.24) is 0 Å². The minimum atomic E-state index is -0.659. The molecule has 0 spiro atoms. The van der Waals surface area contributed by atoms with Crippen molar-refractivity contribution >= 4 is 45.6 Å². The van der Waals surface area contributed by atoms with Crippen molar-refractivity contribution in [2.45, 2.75) is 39.7 Å². The summed E-state index contributed by atoms with van der Waals surface area (Å²) in [7, 11) is 0. The zero-order valence-corrected chi connectivity index (χ0v) is 17.3. The fraction of sp³-hybridized carbons (Fsp3) is 0.421. The Bertz CT molecular complexity index is 892. The molecular formula is C19H21NO6S2. The Kier molecular flexibility index (Phi) is 6.35. The Balaban J connectivity index is 1.84. The minimum absolute atomic E-state index is 0.0522. The number of fused-ring (bicyclic) bond motifs is 1. The molecule has 0 aromatic carbocycles. The van der Waals surface area contributed by atoms with Crippen LogP contribution in [0.25, 0.3) is 0 Å². The number of aryl methyl sites for hydroxylation is 2. The van der Waals surface area contributed by atoms with Crippen molar-refractivity contribution in [2.24, 2.45) is 0 Å². The van der Waals surface area contributed by atoms with Gasteiger partial charge in [-0.1, -0.05) is 0 Å². The van der Waals surface area contributed by atoms with Crippen LogP contribution in [0.1, 0.15) is 66.0 Å². The topological polar surface area (TPSA) is 105 Å². The van der Waals surface area contributed by atoms with E-state index in [1.807, 2.05) is 6.07 Å². The highest BCUT2D eigenvalue weighted by molar-refractivity contribution is 7.18. The Morgan fingerprint density at radius 1 is 1.00 bits per heavy atom. The first kappa shape index (κ1) is 20.3. The maximum absolute atomic E-state index is 12.5. The van der Waals surface area contributed by atoms with Crippen LogP contribution in [0, 0.1) is 0 Å². The van der Waals surface area contributed by atoms with Gasteiger partial charge in [-0.3, -0.25) is 0 Å². The van der Waals surface area contributed by atoms with E-state index < -0.39 is 17.9 Å². The largest absolute Gasteiger partial charge is 0.462 e. The van der Waals surface area contributed by atoms with Gasteiger partial charge in [0, 0.05) is 10.4 Å². The number of hydrogen-bond acceptors (Lipinski definition) is 9. The van der Waals surface area contributed by atoms with Gasteiger partial charge in [0.1, 0.15) is 26.9 Å². The third kappa shape index (κ3) is 4.05. The molecule has 7 nitrogen and oxygen atoms in total. The molecule has 2 aromatic rings. The number of thiophene rings is 2. The number of hydrogen-bond donors (Lipinski definition) is 1. The molecule has 0 amide bonds. The summed E-state index contributed by atoms with van der Waals surface area (Å²) in [5.74, 6) is -1.77. The van der Waals surface area contributed by atoms with Crippen LogP contribution in [0.2, 0.25) is 0 Å². The molecule has 9 heteroatoms. The van der Waals surface area contributed by atoms with Crippen molar-refractivity contribution < 1.29 is 28.6 Å². The highest BCUT2D eigenvalue weighted by atomic mass is 32.1. The Morgan fingerprint density at radius 2 is 1.71 bits per heavy atom. The summed E-state index contributed by atoms with van der Waals surface area (Å²) in [6, 6.07) is 1.86. The normalized spacial score (nSPS) is 12.5. The second kappa shape index (κ2) is 8.74. The molecule has 0 atom stereocenters. The van der Waals surface area contributed by atoms with Crippen LogP contribution in [-0.4, -0.2) is 31.1 Å². The van der Waals surface area contributed by atoms with Crippen LogP contribution in [0.5, 0.6) is 0 Å². The van der Waals surface area contributed by atoms with Crippen LogP contribution < -0.4 is 5.73 Å². The monoisotopic (exact) mass is 423 g/mol. The van der Waals surface area contributed by atoms with Gasteiger partial charge in [-0.25, -0.2) is 14.4 Å². The van der Waals surface area contributed by atoms with Crippen molar-refractivity contribution in [2.75, 3.05) is 18.9 Å². The molecule has 2 N–H and O–H groups in total. The Morgan fingerprint density at radius 3 is 2.39 bits per heavy atom. The van der Waals surface area contributed by atoms with Gasteiger partial charge < -0.3 is 19.9 Å². The molecule has 0 unspecified atom stereocenters. The van der Waals surface area contributed by atoms with E-state index in [9.17, 15) is 14.4 Å². The lowest BCUT2D eigenvalue weighted by Gasteiger charge is -2.08. The Labute approximate surface area is 170 Å². The molecule has 1 aliphatic carbocycles. The highest BCUT2D eigenvalue weighted by Gasteiger charge is 2.29. The van der Waals surface area contributed by atoms with E-state index in [-0.39, 0.29) is 40.8 Å². The predicted molar refractivity (Wildman–Crippen MR) is 106 cm³/mol. The molecule has 1 aliphatic rings. The summed E-state index contributed by atoms with van der Waals surface area (Å²) in [6.45, 7) is 3.41. The zero-order valence-electron chi connectivity index (χ0n) is 15.7. The highest BCUT2D eigenvalue weighted by Crippen LogP contribution is 2.34. The van der Waals surface area contributed by atoms with Crippen molar-refractivity contribution in [3.63, 3.8) is 0 Å². The summed E-state index contributed by atoms with van der Waals surface area (Å²) in [5, 5.41) is 0.127. The SMILES string of the molecule is CCOC(=O)c1sc(N)c(C(=O)OCC)c1COC(=O)c1cc2c(s1)CCC2. The van der Waals surface area contributed by atoms with E-state index in [0.29, 0.717) is 4.88 Å². The summed E-state index contributed by atoms with van der Waals surface area (Å²) in [4.78, 5) is 38.9. The lowest BCUT2D eigenvalue weighted by Crippen LogP contribution is -2.13. The summed E-state index contributed by atoms with van der Waals surface area (Å²) < 4.78 is 15.5. The van der Waals surface area contributed by atoms with E-state index in [1.54, 1.807) is 13.8 Å². The van der Waals surface area contributed by atoms with E-state index in [0.717, 1.165) is 30.6 Å². The molecule has 2 aromatic heterocycles. The average molecular weight is 424 g/mol. The third-order valence-corrected chi connectivity index (χ3v) is 6.53. The number of nitrogens with two attached hydrogens (primary N) is 1. The molecular weight excluding hydrogens is 402 g/mol. The molecule has 2 heterocycles. The van der Waals surface area contributed by atoms with Crippen LogP contribution in [0.4, 0.5) is 5.00 Å². The smallest absolute Gasteiger partial charge is 0.348 e. The number of ether oxygens (including phenoxy) is 3. The molecule has 0 radical (unpaired) electrons. The van der Waals surface area contributed by atoms with Crippen molar-refractivity contribution in [3.05, 3.63) is 37.4 Å². The van der Waals surface area contributed by atoms with E-state index in [2.05, 4.69) is 0 Å². The molecule has 3 rings (SSSR count). The number of nitrogen functional groups attached to an aromatic ring is 1. The van der Waals surface area contributed by atoms with Crippen LogP contribution in [0.3, 0.4) is 0 Å². The molecule has 28 heavy (non-hydrogen) atoms.